The van der Waals surface area contributed by atoms with Gasteiger partial charge in [0.05, 0.1) is 6.61 Å². The van der Waals surface area contributed by atoms with E-state index < -0.39 is 24.4 Å². The number of rotatable bonds is 8. The maximum absolute atomic E-state index is 13.6. The van der Waals surface area contributed by atoms with Crippen LogP contribution in [0.15, 0.2) is 47.5 Å². The Bertz CT molecular complexity index is 807. The molecule has 2 aromatic carbocycles. The van der Waals surface area contributed by atoms with Crippen molar-refractivity contribution in [1.29, 1.82) is 0 Å². The van der Waals surface area contributed by atoms with E-state index in [0.29, 0.717) is 24.6 Å². The number of nitrogens with zero attached hydrogens (tertiary/aromatic N) is 1. The molecule has 0 fully saturated rings. The first-order chi connectivity index (χ1) is 13.8. The summed E-state index contributed by atoms with van der Waals surface area (Å²) in [6, 6.07) is 10.2. The molecular weight excluding hydrogens is 393 g/mol. The average Bonchev–Trinajstić information content (AvgIpc) is 2.67. The fourth-order valence-corrected chi connectivity index (χ4v) is 2.49. The van der Waals surface area contributed by atoms with Crippen LogP contribution in [0.4, 0.5) is 22.0 Å². The second-order valence-electron chi connectivity index (χ2n) is 6.26. The van der Waals surface area contributed by atoms with Crippen LogP contribution in [0.3, 0.4) is 0 Å². The predicted molar refractivity (Wildman–Crippen MR) is 100 cm³/mol. The third-order valence-electron chi connectivity index (χ3n) is 3.94. The Balaban J connectivity index is 1.75. The van der Waals surface area contributed by atoms with Gasteiger partial charge in [0, 0.05) is 20.1 Å². The minimum absolute atomic E-state index is 0.118. The lowest BCUT2D eigenvalue weighted by atomic mass is 10.1. The quantitative estimate of drug-likeness (QED) is 0.390. The fraction of sp³-hybridized carbons (Fsp3) is 0.350. The third kappa shape index (κ3) is 8.47. The van der Waals surface area contributed by atoms with Crippen molar-refractivity contribution in [2.45, 2.75) is 25.7 Å². The van der Waals surface area contributed by atoms with Gasteiger partial charge in [-0.2, -0.15) is 13.2 Å². The maximum atomic E-state index is 13.6. The number of hydrogen-bond donors (Lipinski definition) is 2. The topological polar surface area (TPSA) is 45.7 Å². The number of halogens is 5. The van der Waals surface area contributed by atoms with E-state index >= 15 is 0 Å². The third-order valence-corrected chi connectivity index (χ3v) is 3.94. The van der Waals surface area contributed by atoms with E-state index in [1.807, 2.05) is 0 Å². The molecular formula is C20H22F5N3O. The zero-order valence-corrected chi connectivity index (χ0v) is 15.8. The molecule has 0 aromatic heterocycles. The molecule has 0 unspecified atom stereocenters. The van der Waals surface area contributed by atoms with Crippen molar-refractivity contribution < 1.29 is 26.7 Å². The van der Waals surface area contributed by atoms with Crippen LogP contribution in [0.2, 0.25) is 0 Å². The van der Waals surface area contributed by atoms with Gasteiger partial charge in [-0.15, -0.1) is 0 Å². The summed E-state index contributed by atoms with van der Waals surface area (Å²) in [6.45, 7) is -0.613. The average molecular weight is 415 g/mol. The van der Waals surface area contributed by atoms with E-state index in [1.165, 1.54) is 0 Å². The Morgan fingerprint density at radius 1 is 1.00 bits per heavy atom. The number of hydrogen-bond acceptors (Lipinski definition) is 2. The highest BCUT2D eigenvalue weighted by Crippen LogP contribution is 2.16. The Labute approximate surface area is 165 Å². The normalized spacial score (nSPS) is 12.1. The molecule has 29 heavy (non-hydrogen) atoms. The molecule has 0 spiro atoms. The Hall–Kier alpha value is -2.68. The van der Waals surface area contributed by atoms with Crippen molar-refractivity contribution in [3.63, 3.8) is 0 Å². The van der Waals surface area contributed by atoms with Gasteiger partial charge in [-0.3, -0.25) is 4.99 Å². The van der Waals surface area contributed by atoms with E-state index in [0.717, 1.165) is 23.8 Å². The first-order valence-corrected chi connectivity index (χ1v) is 8.87. The van der Waals surface area contributed by atoms with Crippen LogP contribution in [0.1, 0.15) is 16.7 Å². The summed E-state index contributed by atoms with van der Waals surface area (Å²) in [7, 11) is 1.58. The monoisotopic (exact) mass is 415 g/mol. The number of ether oxygens (including phenoxy) is 1. The standard InChI is InChI=1S/C20H22F5N3O/c1-26-19(27-9-8-16-10-17(21)6-7-18(16)22)28-11-14-2-4-15(5-3-14)12-29-13-20(23,24)25/h2-7,10H,8-9,11-13H2,1H3,(H2,26,27,28). The van der Waals surface area contributed by atoms with Crippen LogP contribution in [-0.4, -0.2) is 32.3 Å². The summed E-state index contributed by atoms with van der Waals surface area (Å²) >= 11 is 0. The summed E-state index contributed by atoms with van der Waals surface area (Å²) in [6.07, 6.45) is -4.05. The van der Waals surface area contributed by atoms with Gasteiger partial charge in [0.2, 0.25) is 0 Å². The van der Waals surface area contributed by atoms with Crippen molar-refractivity contribution in [2.75, 3.05) is 20.2 Å². The second kappa shape index (κ2) is 10.8. The second-order valence-corrected chi connectivity index (χ2v) is 6.26. The van der Waals surface area contributed by atoms with Crippen LogP contribution < -0.4 is 10.6 Å². The van der Waals surface area contributed by atoms with Crippen LogP contribution in [0, 0.1) is 11.6 Å². The Morgan fingerprint density at radius 3 is 2.34 bits per heavy atom. The molecule has 0 amide bonds. The minimum Gasteiger partial charge on any atom is -0.367 e. The number of benzene rings is 2. The molecule has 4 nitrogen and oxygen atoms in total. The van der Waals surface area contributed by atoms with Crippen molar-refractivity contribution in [3.8, 4) is 0 Å². The van der Waals surface area contributed by atoms with Gasteiger partial charge in [0.25, 0.3) is 0 Å². The Morgan fingerprint density at radius 2 is 1.69 bits per heavy atom. The molecule has 0 aliphatic heterocycles. The molecule has 0 atom stereocenters. The van der Waals surface area contributed by atoms with E-state index in [9.17, 15) is 22.0 Å². The van der Waals surface area contributed by atoms with Gasteiger partial charge in [-0.1, -0.05) is 24.3 Å². The molecule has 0 saturated carbocycles. The molecule has 0 saturated heterocycles. The predicted octanol–water partition coefficient (Wildman–Crippen LogP) is 3.95. The number of guanidine groups is 1. The molecule has 0 heterocycles. The molecule has 2 aromatic rings. The van der Waals surface area contributed by atoms with Crippen LogP contribution in [0.25, 0.3) is 0 Å². The summed E-state index contributed by atoms with van der Waals surface area (Å²) in [5.41, 5.74) is 1.80. The lowest BCUT2D eigenvalue weighted by molar-refractivity contribution is -0.176. The summed E-state index contributed by atoms with van der Waals surface area (Å²) in [5.74, 6) is -0.467. The largest absolute Gasteiger partial charge is 0.411 e. The van der Waals surface area contributed by atoms with Crippen molar-refractivity contribution in [1.82, 2.24) is 10.6 Å². The fourth-order valence-electron chi connectivity index (χ4n) is 2.49. The molecule has 9 heteroatoms. The van der Waals surface area contributed by atoms with E-state index in [-0.39, 0.29) is 18.6 Å². The lowest BCUT2D eigenvalue weighted by Crippen LogP contribution is -2.37. The van der Waals surface area contributed by atoms with Gasteiger partial charge in [0.1, 0.15) is 18.2 Å². The van der Waals surface area contributed by atoms with E-state index in [2.05, 4.69) is 20.4 Å². The number of nitrogens with one attached hydrogen (secondary N) is 2. The molecule has 0 aliphatic carbocycles. The smallest absolute Gasteiger partial charge is 0.367 e. The molecule has 158 valence electrons. The van der Waals surface area contributed by atoms with Gasteiger partial charge in [-0.25, -0.2) is 8.78 Å². The van der Waals surface area contributed by atoms with Crippen LogP contribution in [-0.2, 0) is 24.3 Å². The van der Waals surface area contributed by atoms with E-state index in [1.54, 1.807) is 31.3 Å². The minimum atomic E-state index is -4.34. The highest BCUT2D eigenvalue weighted by Gasteiger charge is 2.27. The van der Waals surface area contributed by atoms with Gasteiger partial charge >= 0.3 is 6.18 Å². The summed E-state index contributed by atoms with van der Waals surface area (Å²) in [4.78, 5) is 4.06. The molecule has 0 radical (unpaired) electrons. The first kappa shape index (κ1) is 22.6. The van der Waals surface area contributed by atoms with Crippen molar-refractivity contribution in [2.24, 2.45) is 4.99 Å². The molecule has 0 bridgehead atoms. The zero-order valence-electron chi connectivity index (χ0n) is 15.8. The summed E-state index contributed by atoms with van der Waals surface area (Å²) < 4.78 is 67.6. The van der Waals surface area contributed by atoms with Crippen LogP contribution >= 0.6 is 0 Å². The van der Waals surface area contributed by atoms with Gasteiger partial charge < -0.3 is 15.4 Å². The summed E-state index contributed by atoms with van der Waals surface area (Å²) in [5, 5.41) is 6.08. The van der Waals surface area contributed by atoms with Gasteiger partial charge in [-0.05, 0) is 41.3 Å². The molecule has 0 aliphatic rings. The number of alkyl halides is 3. The van der Waals surface area contributed by atoms with E-state index in [4.69, 9.17) is 0 Å². The molecule has 2 rings (SSSR count). The highest BCUT2D eigenvalue weighted by molar-refractivity contribution is 5.79. The highest BCUT2D eigenvalue weighted by atomic mass is 19.4. The van der Waals surface area contributed by atoms with Gasteiger partial charge in [0.15, 0.2) is 5.96 Å². The van der Waals surface area contributed by atoms with Crippen LogP contribution in [0.5, 0.6) is 0 Å². The zero-order chi connectivity index (χ0) is 21.3. The maximum Gasteiger partial charge on any atom is 0.411 e. The lowest BCUT2D eigenvalue weighted by Gasteiger charge is -2.13. The first-order valence-electron chi connectivity index (χ1n) is 8.87. The number of aliphatic imine (C=N–C) groups is 1. The molecule has 2 N–H and O–H groups in total. The van der Waals surface area contributed by atoms with Crippen molar-refractivity contribution in [3.05, 3.63) is 70.8 Å². The van der Waals surface area contributed by atoms with Crippen molar-refractivity contribution >= 4 is 5.96 Å². The SMILES string of the molecule is CN=C(NCCc1cc(F)ccc1F)NCc1ccc(COCC(F)(F)F)cc1. The Kier molecular flexibility index (Phi) is 8.38.